The van der Waals surface area contributed by atoms with Gasteiger partial charge in [-0.15, -0.1) is 0 Å². The van der Waals surface area contributed by atoms with Gasteiger partial charge in [-0.25, -0.2) is 4.39 Å². The van der Waals surface area contributed by atoms with E-state index in [0.717, 1.165) is 0 Å². The number of hydrogen-bond acceptors (Lipinski definition) is 7. The monoisotopic (exact) mass is 478 g/mol. The molecule has 0 aromatic heterocycles. The maximum Gasteiger partial charge on any atom is 0.306 e. The zero-order valence-electron chi connectivity index (χ0n) is 19.4. The molecule has 1 heterocycles. The summed E-state index contributed by atoms with van der Waals surface area (Å²) in [5.74, 6) is -0.942. The number of fused-ring (bicyclic) bond motifs is 3. The summed E-state index contributed by atoms with van der Waals surface area (Å²) in [4.78, 5) is 24.6. The Labute approximate surface area is 198 Å². The lowest BCUT2D eigenvalue weighted by Gasteiger charge is -2.56. The van der Waals surface area contributed by atoms with E-state index < -0.39 is 35.0 Å². The Morgan fingerprint density at radius 1 is 1.33 bits per heavy atom. The number of allylic oxidation sites excluding steroid dienone is 2. The highest BCUT2D eigenvalue weighted by Gasteiger charge is 2.83. The molecule has 0 aromatic rings. The van der Waals surface area contributed by atoms with Crippen molar-refractivity contribution in [3.8, 4) is 0 Å². The van der Waals surface area contributed by atoms with E-state index in [4.69, 9.17) is 26.4 Å². The van der Waals surface area contributed by atoms with Crippen LogP contribution >= 0.6 is 12.2 Å². The molecule has 0 amide bonds. The lowest BCUT2D eigenvalue weighted by molar-refractivity contribution is -0.174. The van der Waals surface area contributed by atoms with Gasteiger partial charge in [-0.1, -0.05) is 26.8 Å². The van der Waals surface area contributed by atoms with E-state index in [1.807, 2.05) is 26.8 Å². The zero-order valence-corrected chi connectivity index (χ0v) is 20.2. The molecule has 0 aromatic carbocycles. The number of aliphatic hydroxyl groups is 1. The molecule has 1 N–H and O–H groups in total. The van der Waals surface area contributed by atoms with Crippen molar-refractivity contribution in [2.75, 3.05) is 6.79 Å². The Balaban J connectivity index is 1.62. The number of carbonyl (C=O) groups excluding carboxylic acids is 2. The van der Waals surface area contributed by atoms with Gasteiger partial charge in [-0.05, 0) is 68.0 Å². The number of carbonyl (C=O) groups is 2. The summed E-state index contributed by atoms with van der Waals surface area (Å²) in [6.07, 6.45) is 5.00. The van der Waals surface area contributed by atoms with Crippen LogP contribution < -0.4 is 0 Å². The van der Waals surface area contributed by atoms with Crippen molar-refractivity contribution >= 4 is 29.0 Å². The highest BCUT2D eigenvalue weighted by atomic mass is 32.1. The number of ether oxygens (including phenoxy) is 3. The van der Waals surface area contributed by atoms with E-state index in [-0.39, 0.29) is 53.5 Å². The second-order valence-corrected chi connectivity index (χ2v) is 11.1. The standard InChI is InChI=1S/C25H31FO6S/c1-5-20(29)32-24(21(33)30-12-27)13(2)8-15-16-10-18(26)17-9-14(28)6-7-22(17,3)25(16)19(31-25)11-23(15,24)4/h6-7,9,13,15-16,18-19,27H,5,8,10-12H2,1-4H3/t13-,15+,16+,18+,19+,22+,23+,24+,25-/m1/s1. The van der Waals surface area contributed by atoms with Crippen LogP contribution in [0.3, 0.4) is 0 Å². The topological polar surface area (TPSA) is 85.4 Å². The molecule has 0 bridgehead atoms. The second kappa shape index (κ2) is 7.18. The molecular weight excluding hydrogens is 447 g/mol. The molecule has 6 nitrogen and oxygen atoms in total. The zero-order chi connectivity index (χ0) is 24.0. The maximum absolute atomic E-state index is 15.6. The number of aliphatic hydroxyl groups excluding tert-OH is 1. The lowest BCUT2D eigenvalue weighted by atomic mass is 9.46. The van der Waals surface area contributed by atoms with Crippen molar-refractivity contribution < 1.29 is 33.3 Å². The number of alkyl halides is 1. The third kappa shape index (κ3) is 2.63. The quantitative estimate of drug-likeness (QED) is 0.286. The van der Waals surface area contributed by atoms with Gasteiger partial charge in [0, 0.05) is 23.2 Å². The molecule has 4 fully saturated rings. The maximum atomic E-state index is 15.6. The van der Waals surface area contributed by atoms with Gasteiger partial charge in [0.2, 0.25) is 5.05 Å². The molecule has 5 aliphatic rings. The van der Waals surface area contributed by atoms with Gasteiger partial charge in [0.1, 0.15) is 11.8 Å². The Morgan fingerprint density at radius 3 is 2.73 bits per heavy atom. The van der Waals surface area contributed by atoms with Crippen molar-refractivity contribution in [3.63, 3.8) is 0 Å². The van der Waals surface area contributed by atoms with Gasteiger partial charge in [0.15, 0.2) is 18.2 Å². The molecule has 3 saturated carbocycles. The summed E-state index contributed by atoms with van der Waals surface area (Å²) < 4.78 is 33.7. The number of epoxide rings is 1. The fourth-order valence-electron chi connectivity index (χ4n) is 8.07. The Morgan fingerprint density at radius 2 is 2.06 bits per heavy atom. The molecule has 1 spiro atoms. The van der Waals surface area contributed by atoms with Crippen molar-refractivity contribution in [2.24, 2.45) is 28.6 Å². The molecule has 33 heavy (non-hydrogen) atoms. The van der Waals surface area contributed by atoms with Crippen molar-refractivity contribution in [3.05, 3.63) is 23.8 Å². The number of ketones is 1. The largest absolute Gasteiger partial charge is 0.457 e. The van der Waals surface area contributed by atoms with Crippen LogP contribution in [-0.2, 0) is 23.8 Å². The van der Waals surface area contributed by atoms with E-state index in [2.05, 4.69) is 0 Å². The minimum atomic E-state index is -1.25. The van der Waals surface area contributed by atoms with Gasteiger partial charge >= 0.3 is 5.97 Å². The van der Waals surface area contributed by atoms with E-state index in [0.29, 0.717) is 18.4 Å². The minimum absolute atomic E-state index is 0.0428. The van der Waals surface area contributed by atoms with Crippen molar-refractivity contribution in [2.45, 2.75) is 76.9 Å². The summed E-state index contributed by atoms with van der Waals surface area (Å²) in [6, 6.07) is 0. The first kappa shape index (κ1) is 23.1. The van der Waals surface area contributed by atoms with Crippen molar-refractivity contribution in [1.29, 1.82) is 0 Å². The molecule has 9 atom stereocenters. The average Bonchev–Trinajstić information content (AvgIpc) is 3.44. The van der Waals surface area contributed by atoms with Gasteiger partial charge in [0.25, 0.3) is 0 Å². The predicted octanol–water partition coefficient (Wildman–Crippen LogP) is 3.61. The van der Waals surface area contributed by atoms with Crippen LogP contribution in [0, 0.1) is 28.6 Å². The first-order valence-electron chi connectivity index (χ1n) is 11.8. The molecule has 8 heteroatoms. The van der Waals surface area contributed by atoms with E-state index in [9.17, 15) is 14.7 Å². The van der Waals surface area contributed by atoms with E-state index >= 15 is 4.39 Å². The summed E-state index contributed by atoms with van der Waals surface area (Å²) in [5.41, 5.74) is -2.66. The molecule has 1 aliphatic heterocycles. The summed E-state index contributed by atoms with van der Waals surface area (Å²) in [6.45, 7) is 7.13. The van der Waals surface area contributed by atoms with E-state index in [1.54, 1.807) is 6.92 Å². The molecule has 5 rings (SSSR count). The third-order valence-electron chi connectivity index (χ3n) is 9.52. The van der Waals surface area contributed by atoms with Gasteiger partial charge in [-0.3, -0.25) is 9.59 Å². The van der Waals surface area contributed by atoms with Crippen LogP contribution in [-0.4, -0.2) is 52.2 Å². The number of hydrogen-bond donors (Lipinski definition) is 1. The lowest BCUT2D eigenvalue weighted by Crippen LogP contribution is -2.64. The highest BCUT2D eigenvalue weighted by Crippen LogP contribution is 2.77. The Kier molecular flexibility index (Phi) is 5.03. The average molecular weight is 479 g/mol. The summed E-state index contributed by atoms with van der Waals surface area (Å²) in [7, 11) is 0. The number of thiocarbonyl (C=S) groups is 1. The molecule has 4 aliphatic carbocycles. The first-order chi connectivity index (χ1) is 15.5. The molecule has 180 valence electrons. The molecule has 0 radical (unpaired) electrons. The Hall–Kier alpha value is -1.64. The number of esters is 1. The van der Waals surface area contributed by atoms with Gasteiger partial charge in [-0.2, -0.15) is 0 Å². The summed E-state index contributed by atoms with van der Waals surface area (Å²) in [5, 5.41) is 9.54. The number of halogens is 1. The summed E-state index contributed by atoms with van der Waals surface area (Å²) >= 11 is 5.62. The minimum Gasteiger partial charge on any atom is -0.457 e. The van der Waals surface area contributed by atoms with Crippen LogP contribution in [0.4, 0.5) is 4.39 Å². The van der Waals surface area contributed by atoms with Crippen LogP contribution in [0.15, 0.2) is 23.8 Å². The first-order valence-corrected chi connectivity index (χ1v) is 12.2. The van der Waals surface area contributed by atoms with Crippen LogP contribution in [0.2, 0.25) is 0 Å². The molecule has 1 saturated heterocycles. The van der Waals surface area contributed by atoms with Crippen LogP contribution in [0.25, 0.3) is 0 Å². The van der Waals surface area contributed by atoms with E-state index in [1.165, 1.54) is 12.2 Å². The Bertz CT molecular complexity index is 993. The normalized spacial score (nSPS) is 49.2. The van der Waals surface area contributed by atoms with Gasteiger partial charge in [0.05, 0.1) is 6.10 Å². The highest BCUT2D eigenvalue weighted by molar-refractivity contribution is 7.80. The van der Waals surface area contributed by atoms with Crippen LogP contribution in [0.1, 0.15) is 53.4 Å². The smallest absolute Gasteiger partial charge is 0.306 e. The second-order valence-electron chi connectivity index (χ2n) is 10.7. The molecular formula is C25H31FO6S. The fraction of sp³-hybridized carbons (Fsp3) is 0.720. The molecule has 0 unspecified atom stereocenters. The van der Waals surface area contributed by atoms with Gasteiger partial charge < -0.3 is 19.3 Å². The van der Waals surface area contributed by atoms with Crippen LogP contribution in [0.5, 0.6) is 0 Å². The predicted molar refractivity (Wildman–Crippen MR) is 121 cm³/mol. The third-order valence-corrected chi connectivity index (χ3v) is 9.94. The van der Waals surface area contributed by atoms with Crippen molar-refractivity contribution in [1.82, 2.24) is 0 Å². The SMILES string of the molecule is CCC(=O)O[C@]1(C(=S)OCO)[C@H](C)C[C@H]2[C@@H]3C[C@H](F)C4=CC(=O)C=C[C@]4(C)[C@@]34O[C@H]4C[C@@]21C. The number of rotatable bonds is 4. The fourth-order valence-corrected chi connectivity index (χ4v) is 8.60.